The number of hydrogen-bond acceptors (Lipinski definition) is 2. The van der Waals surface area contributed by atoms with Crippen LogP contribution in [-0.4, -0.2) is 22.8 Å². The van der Waals surface area contributed by atoms with Gasteiger partial charge in [-0.05, 0) is 30.5 Å². The van der Waals surface area contributed by atoms with Gasteiger partial charge < -0.3 is 10.2 Å². The molecule has 0 saturated carbocycles. The number of nitrogens with one attached hydrogen (secondary N) is 1. The second kappa shape index (κ2) is 7.51. The highest BCUT2D eigenvalue weighted by Crippen LogP contribution is 2.26. The number of amides is 2. The topological polar surface area (TPSA) is 49.4 Å². The largest absolute Gasteiger partial charge is 0.350 e. The molecule has 0 aromatic heterocycles. The maximum atomic E-state index is 12.8. The van der Waals surface area contributed by atoms with Crippen LogP contribution in [0.5, 0.6) is 0 Å². The number of rotatable bonds is 6. The predicted octanol–water partition coefficient (Wildman–Crippen LogP) is 3.44. The molecule has 0 unspecified atom stereocenters. The third kappa shape index (κ3) is 3.73. The summed E-state index contributed by atoms with van der Waals surface area (Å²) < 4.78 is 0. The van der Waals surface area contributed by atoms with Crippen LogP contribution < -0.4 is 5.32 Å². The van der Waals surface area contributed by atoms with E-state index >= 15 is 0 Å². The number of benzene rings is 2. The van der Waals surface area contributed by atoms with E-state index < -0.39 is 6.04 Å². The molecule has 0 radical (unpaired) electrons. The Morgan fingerprint density at radius 2 is 1.88 bits per heavy atom. The van der Waals surface area contributed by atoms with E-state index in [1.807, 2.05) is 62.4 Å². The third-order valence-electron chi connectivity index (χ3n) is 4.68. The molecule has 130 valence electrons. The molecular weight excluding hydrogens is 312 g/mol. The monoisotopic (exact) mass is 336 g/mol. The van der Waals surface area contributed by atoms with Crippen LogP contribution in [0.4, 0.5) is 0 Å². The first-order chi connectivity index (χ1) is 12.1. The number of carbonyl (C=O) groups is 2. The van der Waals surface area contributed by atoms with E-state index in [0.29, 0.717) is 19.5 Å². The standard InChI is InChI=1S/C21H24N2O2/c1-3-6-19(20(24)22-13-16-11-9-15(2)10-12-16)23-14-17-7-4-5-8-18(17)21(23)25/h4-5,7-12,19H,3,6,13-14H2,1-2H3,(H,22,24)/t19-/m1/s1. The highest BCUT2D eigenvalue weighted by molar-refractivity contribution is 6.01. The van der Waals surface area contributed by atoms with Crippen molar-refractivity contribution in [1.82, 2.24) is 10.2 Å². The predicted molar refractivity (Wildman–Crippen MR) is 98.0 cm³/mol. The average Bonchev–Trinajstić information content (AvgIpc) is 2.96. The van der Waals surface area contributed by atoms with Gasteiger partial charge in [0.15, 0.2) is 0 Å². The minimum atomic E-state index is -0.421. The number of aryl methyl sites for hydroxylation is 1. The van der Waals surface area contributed by atoms with Gasteiger partial charge >= 0.3 is 0 Å². The van der Waals surface area contributed by atoms with Gasteiger partial charge in [-0.3, -0.25) is 9.59 Å². The minimum Gasteiger partial charge on any atom is -0.350 e. The first-order valence-electron chi connectivity index (χ1n) is 8.82. The van der Waals surface area contributed by atoms with Gasteiger partial charge in [0.05, 0.1) is 0 Å². The van der Waals surface area contributed by atoms with Crippen molar-refractivity contribution in [3.8, 4) is 0 Å². The number of fused-ring (bicyclic) bond motifs is 1. The zero-order valence-corrected chi connectivity index (χ0v) is 14.8. The van der Waals surface area contributed by atoms with Crippen LogP contribution >= 0.6 is 0 Å². The quantitative estimate of drug-likeness (QED) is 0.878. The highest BCUT2D eigenvalue weighted by atomic mass is 16.2. The lowest BCUT2D eigenvalue weighted by molar-refractivity contribution is -0.126. The molecule has 3 rings (SSSR count). The molecule has 1 aliphatic rings. The van der Waals surface area contributed by atoms with Crippen LogP contribution in [0.25, 0.3) is 0 Å². The molecule has 2 amide bonds. The maximum absolute atomic E-state index is 12.8. The van der Waals surface area contributed by atoms with Crippen LogP contribution in [0.1, 0.15) is 46.8 Å². The van der Waals surface area contributed by atoms with E-state index in [9.17, 15) is 9.59 Å². The molecule has 1 atom stereocenters. The third-order valence-corrected chi connectivity index (χ3v) is 4.68. The Morgan fingerprint density at radius 1 is 1.16 bits per heavy atom. The van der Waals surface area contributed by atoms with Crippen molar-refractivity contribution in [2.75, 3.05) is 0 Å². The molecule has 0 fully saturated rings. The Hall–Kier alpha value is -2.62. The maximum Gasteiger partial charge on any atom is 0.255 e. The number of carbonyl (C=O) groups excluding carboxylic acids is 2. The van der Waals surface area contributed by atoms with E-state index in [1.54, 1.807) is 4.90 Å². The molecule has 1 aliphatic heterocycles. The minimum absolute atomic E-state index is 0.0421. The zero-order valence-electron chi connectivity index (χ0n) is 14.8. The lowest BCUT2D eigenvalue weighted by Crippen LogP contribution is -2.46. The van der Waals surface area contributed by atoms with Gasteiger partial charge in [0.2, 0.25) is 5.91 Å². The number of hydrogen-bond donors (Lipinski definition) is 1. The van der Waals surface area contributed by atoms with Crippen molar-refractivity contribution < 1.29 is 9.59 Å². The SMILES string of the molecule is CCC[C@H](C(=O)NCc1ccc(C)cc1)N1Cc2ccccc2C1=O. The highest BCUT2D eigenvalue weighted by Gasteiger charge is 2.35. The molecule has 2 aromatic carbocycles. The first kappa shape index (κ1) is 17.2. The zero-order chi connectivity index (χ0) is 17.8. The van der Waals surface area contributed by atoms with Crippen LogP contribution in [0.3, 0.4) is 0 Å². The van der Waals surface area contributed by atoms with Crippen molar-refractivity contribution in [1.29, 1.82) is 0 Å². The molecule has 25 heavy (non-hydrogen) atoms. The first-order valence-corrected chi connectivity index (χ1v) is 8.82. The van der Waals surface area contributed by atoms with Gasteiger partial charge in [0.25, 0.3) is 5.91 Å². The molecule has 0 aliphatic carbocycles. The van der Waals surface area contributed by atoms with Gasteiger partial charge in [0.1, 0.15) is 6.04 Å². The Morgan fingerprint density at radius 3 is 2.56 bits per heavy atom. The molecule has 0 spiro atoms. The van der Waals surface area contributed by atoms with E-state index in [0.717, 1.165) is 23.1 Å². The van der Waals surface area contributed by atoms with Crippen LogP contribution in [-0.2, 0) is 17.9 Å². The summed E-state index contributed by atoms with van der Waals surface area (Å²) >= 11 is 0. The lowest BCUT2D eigenvalue weighted by atomic mass is 10.1. The molecule has 4 nitrogen and oxygen atoms in total. The molecule has 0 saturated heterocycles. The lowest BCUT2D eigenvalue weighted by Gasteiger charge is -2.26. The fourth-order valence-corrected chi connectivity index (χ4v) is 3.24. The van der Waals surface area contributed by atoms with Gasteiger partial charge in [0, 0.05) is 18.7 Å². The van der Waals surface area contributed by atoms with Gasteiger partial charge in [-0.2, -0.15) is 0 Å². The van der Waals surface area contributed by atoms with E-state index in [2.05, 4.69) is 5.32 Å². The van der Waals surface area contributed by atoms with Crippen molar-refractivity contribution in [3.05, 3.63) is 70.8 Å². The fraction of sp³-hybridized carbons (Fsp3) is 0.333. The summed E-state index contributed by atoms with van der Waals surface area (Å²) in [6, 6.07) is 15.3. The molecule has 1 heterocycles. The Kier molecular flexibility index (Phi) is 5.17. The van der Waals surface area contributed by atoms with Crippen molar-refractivity contribution in [2.45, 2.75) is 45.8 Å². The van der Waals surface area contributed by atoms with Gasteiger partial charge in [-0.1, -0.05) is 61.4 Å². The Bertz CT molecular complexity index is 768. The Balaban J connectivity index is 1.69. The average molecular weight is 336 g/mol. The van der Waals surface area contributed by atoms with E-state index in [4.69, 9.17) is 0 Å². The molecule has 2 aromatic rings. The summed E-state index contributed by atoms with van der Waals surface area (Å²) in [6.07, 6.45) is 1.52. The van der Waals surface area contributed by atoms with Crippen molar-refractivity contribution in [2.24, 2.45) is 0 Å². The molecule has 1 N–H and O–H groups in total. The normalized spacial score (nSPS) is 14.3. The summed E-state index contributed by atoms with van der Waals surface area (Å²) in [6.45, 7) is 5.07. The molecular formula is C21H24N2O2. The van der Waals surface area contributed by atoms with Gasteiger partial charge in [-0.15, -0.1) is 0 Å². The van der Waals surface area contributed by atoms with E-state index in [1.165, 1.54) is 5.56 Å². The summed E-state index contributed by atoms with van der Waals surface area (Å²) in [4.78, 5) is 27.1. The Labute approximate surface area is 148 Å². The van der Waals surface area contributed by atoms with Crippen molar-refractivity contribution >= 4 is 11.8 Å². The van der Waals surface area contributed by atoms with E-state index in [-0.39, 0.29) is 11.8 Å². The summed E-state index contributed by atoms with van der Waals surface area (Å²) in [5.74, 6) is -0.122. The second-order valence-corrected chi connectivity index (χ2v) is 6.60. The summed E-state index contributed by atoms with van der Waals surface area (Å²) in [5, 5.41) is 2.99. The van der Waals surface area contributed by atoms with Crippen molar-refractivity contribution in [3.63, 3.8) is 0 Å². The summed E-state index contributed by atoms with van der Waals surface area (Å²) in [5.41, 5.74) is 3.97. The fourth-order valence-electron chi connectivity index (χ4n) is 3.24. The molecule has 0 bridgehead atoms. The molecule has 4 heteroatoms. The smallest absolute Gasteiger partial charge is 0.255 e. The van der Waals surface area contributed by atoms with Gasteiger partial charge in [-0.25, -0.2) is 0 Å². The second-order valence-electron chi connectivity index (χ2n) is 6.60. The summed E-state index contributed by atoms with van der Waals surface area (Å²) in [7, 11) is 0. The number of nitrogens with zero attached hydrogens (tertiary/aromatic N) is 1. The van der Waals surface area contributed by atoms with Crippen LogP contribution in [0, 0.1) is 6.92 Å². The van der Waals surface area contributed by atoms with Crippen LogP contribution in [0.15, 0.2) is 48.5 Å². The van der Waals surface area contributed by atoms with Crippen LogP contribution in [0.2, 0.25) is 0 Å².